The molecular weight excluding hydrogens is 373 g/mol. The standard InChI is InChI=1S/C18H11F3N6O/c19-18(20,21)12-4-2-1-3-11(12)13-5-8-27-16(25-13)14(10-24-27)26-17(28)15-9-22-6-7-23-15/h1-10H,(H,26,28). The summed E-state index contributed by atoms with van der Waals surface area (Å²) in [7, 11) is 0. The van der Waals surface area contributed by atoms with Gasteiger partial charge in [-0.25, -0.2) is 14.5 Å². The lowest BCUT2D eigenvalue weighted by molar-refractivity contribution is -0.137. The highest BCUT2D eigenvalue weighted by Crippen LogP contribution is 2.36. The molecule has 0 spiro atoms. The van der Waals surface area contributed by atoms with Gasteiger partial charge in [-0.2, -0.15) is 18.3 Å². The smallest absolute Gasteiger partial charge is 0.316 e. The van der Waals surface area contributed by atoms with Crippen LogP contribution in [0, 0.1) is 0 Å². The number of alkyl halides is 3. The predicted molar refractivity (Wildman–Crippen MR) is 93.4 cm³/mol. The quantitative estimate of drug-likeness (QED) is 0.585. The summed E-state index contributed by atoms with van der Waals surface area (Å²) in [4.78, 5) is 24.3. The summed E-state index contributed by atoms with van der Waals surface area (Å²) in [5.74, 6) is -0.536. The maximum atomic E-state index is 13.3. The first-order valence-electron chi connectivity index (χ1n) is 8.02. The van der Waals surface area contributed by atoms with Crippen molar-refractivity contribution in [2.24, 2.45) is 0 Å². The number of nitrogens with one attached hydrogen (secondary N) is 1. The predicted octanol–water partition coefficient (Wildman–Crippen LogP) is 3.46. The van der Waals surface area contributed by atoms with Crippen molar-refractivity contribution < 1.29 is 18.0 Å². The number of fused-ring (bicyclic) bond motifs is 1. The van der Waals surface area contributed by atoms with E-state index in [1.165, 1.54) is 59.8 Å². The second-order valence-corrected chi connectivity index (χ2v) is 5.73. The Bertz CT molecular complexity index is 1160. The Morgan fingerprint density at radius 2 is 1.89 bits per heavy atom. The first kappa shape index (κ1) is 17.6. The van der Waals surface area contributed by atoms with E-state index in [9.17, 15) is 18.0 Å². The number of carbonyl (C=O) groups excluding carboxylic acids is 1. The minimum absolute atomic E-state index is 0.0649. The Hall–Kier alpha value is -3.82. The van der Waals surface area contributed by atoms with Crippen LogP contribution in [0.1, 0.15) is 16.1 Å². The van der Waals surface area contributed by atoms with Crippen molar-refractivity contribution in [3.63, 3.8) is 0 Å². The molecule has 0 saturated heterocycles. The molecule has 3 aromatic heterocycles. The normalized spacial score (nSPS) is 11.5. The fourth-order valence-electron chi connectivity index (χ4n) is 2.66. The molecule has 0 saturated carbocycles. The number of halogens is 3. The van der Waals surface area contributed by atoms with Gasteiger partial charge in [0.25, 0.3) is 5.91 Å². The molecule has 0 unspecified atom stereocenters. The highest BCUT2D eigenvalue weighted by atomic mass is 19.4. The van der Waals surface area contributed by atoms with E-state index in [-0.39, 0.29) is 28.3 Å². The fraction of sp³-hybridized carbons (Fsp3) is 0.0556. The van der Waals surface area contributed by atoms with Crippen LogP contribution in [0.3, 0.4) is 0 Å². The Kier molecular flexibility index (Phi) is 4.22. The molecule has 7 nitrogen and oxygen atoms in total. The minimum atomic E-state index is -4.52. The molecule has 0 aliphatic carbocycles. The summed E-state index contributed by atoms with van der Waals surface area (Å²) >= 11 is 0. The van der Waals surface area contributed by atoms with Gasteiger partial charge in [0.2, 0.25) is 0 Å². The van der Waals surface area contributed by atoms with Crippen molar-refractivity contribution >= 4 is 17.2 Å². The number of rotatable bonds is 3. The van der Waals surface area contributed by atoms with Gasteiger partial charge in [-0.1, -0.05) is 18.2 Å². The largest absolute Gasteiger partial charge is 0.417 e. The van der Waals surface area contributed by atoms with E-state index in [1.54, 1.807) is 0 Å². The second kappa shape index (κ2) is 6.72. The van der Waals surface area contributed by atoms with E-state index >= 15 is 0 Å². The fourth-order valence-corrected chi connectivity index (χ4v) is 2.66. The van der Waals surface area contributed by atoms with Crippen molar-refractivity contribution in [2.75, 3.05) is 5.32 Å². The van der Waals surface area contributed by atoms with E-state index in [4.69, 9.17) is 0 Å². The number of nitrogens with zero attached hydrogens (tertiary/aromatic N) is 5. The van der Waals surface area contributed by atoms with Crippen molar-refractivity contribution in [3.8, 4) is 11.3 Å². The zero-order valence-corrected chi connectivity index (χ0v) is 14.1. The number of carbonyl (C=O) groups is 1. The average Bonchev–Trinajstić information content (AvgIpc) is 3.10. The van der Waals surface area contributed by atoms with Crippen molar-refractivity contribution in [1.29, 1.82) is 0 Å². The van der Waals surface area contributed by atoms with Gasteiger partial charge in [-0.05, 0) is 12.1 Å². The summed E-state index contributed by atoms with van der Waals surface area (Å²) in [6.45, 7) is 0. The summed E-state index contributed by atoms with van der Waals surface area (Å²) < 4.78 is 41.3. The zero-order valence-electron chi connectivity index (χ0n) is 14.1. The maximum Gasteiger partial charge on any atom is 0.417 e. The highest BCUT2D eigenvalue weighted by Gasteiger charge is 2.33. The van der Waals surface area contributed by atoms with Gasteiger partial charge >= 0.3 is 6.18 Å². The van der Waals surface area contributed by atoms with Crippen LogP contribution in [0.15, 0.2) is 61.3 Å². The van der Waals surface area contributed by atoms with Gasteiger partial charge in [0.1, 0.15) is 11.4 Å². The lowest BCUT2D eigenvalue weighted by Gasteiger charge is -2.12. The topological polar surface area (TPSA) is 85.1 Å². The van der Waals surface area contributed by atoms with Crippen LogP contribution in [0.5, 0.6) is 0 Å². The van der Waals surface area contributed by atoms with Crippen molar-refractivity contribution in [3.05, 3.63) is 72.6 Å². The lowest BCUT2D eigenvalue weighted by Crippen LogP contribution is -2.14. The molecule has 10 heteroatoms. The molecule has 0 atom stereocenters. The second-order valence-electron chi connectivity index (χ2n) is 5.73. The molecule has 140 valence electrons. The summed E-state index contributed by atoms with van der Waals surface area (Å²) in [6, 6.07) is 6.59. The maximum absolute atomic E-state index is 13.3. The van der Waals surface area contributed by atoms with E-state index < -0.39 is 17.6 Å². The van der Waals surface area contributed by atoms with Gasteiger partial charge in [-0.15, -0.1) is 0 Å². The SMILES string of the molecule is O=C(Nc1cnn2ccc(-c3ccccc3C(F)(F)F)nc12)c1cnccn1. The van der Waals surface area contributed by atoms with Crippen LogP contribution in [0.4, 0.5) is 18.9 Å². The number of hydrogen-bond acceptors (Lipinski definition) is 5. The first-order valence-corrected chi connectivity index (χ1v) is 8.02. The molecule has 0 bridgehead atoms. The van der Waals surface area contributed by atoms with E-state index in [2.05, 4.69) is 25.4 Å². The molecule has 1 N–H and O–H groups in total. The molecule has 1 aromatic carbocycles. The number of hydrogen-bond donors (Lipinski definition) is 1. The van der Waals surface area contributed by atoms with E-state index in [1.807, 2.05) is 0 Å². The Labute approximate surface area is 155 Å². The summed E-state index contributed by atoms with van der Waals surface area (Å²) in [5, 5.41) is 6.65. The Balaban J connectivity index is 1.75. The van der Waals surface area contributed by atoms with Crippen LogP contribution in [0.25, 0.3) is 16.9 Å². The monoisotopic (exact) mass is 384 g/mol. The molecule has 0 fully saturated rings. The van der Waals surface area contributed by atoms with Gasteiger partial charge in [0.05, 0.1) is 23.7 Å². The average molecular weight is 384 g/mol. The third-order valence-corrected chi connectivity index (χ3v) is 3.92. The Morgan fingerprint density at radius 3 is 2.64 bits per heavy atom. The van der Waals surface area contributed by atoms with Gasteiger partial charge in [-0.3, -0.25) is 9.78 Å². The third kappa shape index (κ3) is 3.27. The van der Waals surface area contributed by atoms with Gasteiger partial charge in [0.15, 0.2) is 5.65 Å². The highest BCUT2D eigenvalue weighted by molar-refractivity contribution is 6.04. The molecule has 4 rings (SSSR count). The van der Waals surface area contributed by atoms with Crippen molar-refractivity contribution in [1.82, 2.24) is 24.6 Å². The van der Waals surface area contributed by atoms with Crippen LogP contribution in [-0.2, 0) is 6.18 Å². The molecule has 0 aliphatic rings. The number of aromatic nitrogens is 5. The molecule has 28 heavy (non-hydrogen) atoms. The van der Waals surface area contributed by atoms with Crippen LogP contribution in [0.2, 0.25) is 0 Å². The summed E-state index contributed by atoms with van der Waals surface area (Å²) in [5.41, 5.74) is -0.230. The molecule has 0 radical (unpaired) electrons. The van der Waals surface area contributed by atoms with Gasteiger partial charge < -0.3 is 5.32 Å². The van der Waals surface area contributed by atoms with Crippen LogP contribution < -0.4 is 5.32 Å². The molecular formula is C18H11F3N6O. The third-order valence-electron chi connectivity index (χ3n) is 3.92. The molecule has 0 aliphatic heterocycles. The molecule has 4 aromatic rings. The van der Waals surface area contributed by atoms with Gasteiger partial charge in [0, 0.05) is 24.2 Å². The van der Waals surface area contributed by atoms with E-state index in [0.29, 0.717) is 0 Å². The number of anilines is 1. The Morgan fingerprint density at radius 1 is 1.07 bits per heavy atom. The minimum Gasteiger partial charge on any atom is -0.316 e. The van der Waals surface area contributed by atoms with Crippen molar-refractivity contribution in [2.45, 2.75) is 6.18 Å². The van der Waals surface area contributed by atoms with E-state index in [0.717, 1.165) is 6.07 Å². The number of amides is 1. The molecule has 3 heterocycles. The lowest BCUT2D eigenvalue weighted by atomic mass is 10.0. The van der Waals surface area contributed by atoms with Crippen LogP contribution >= 0.6 is 0 Å². The molecule has 1 amide bonds. The number of benzene rings is 1. The summed E-state index contributed by atoms with van der Waals surface area (Å²) in [6.07, 6.45) is 2.40. The zero-order chi connectivity index (χ0) is 19.7. The van der Waals surface area contributed by atoms with Crippen LogP contribution in [-0.4, -0.2) is 30.5 Å². The first-order chi connectivity index (χ1) is 13.4.